The summed E-state index contributed by atoms with van der Waals surface area (Å²) in [6.07, 6.45) is 0. The van der Waals surface area contributed by atoms with Gasteiger partial charge in [0.15, 0.2) is 0 Å². The minimum atomic E-state index is -0.135. The Morgan fingerprint density at radius 3 is 2.23 bits per heavy atom. The minimum Gasteiger partial charge on any atom is -0.353 e. The van der Waals surface area contributed by atoms with Crippen molar-refractivity contribution in [2.75, 3.05) is 38.1 Å². The second kappa shape index (κ2) is 14.5. The van der Waals surface area contributed by atoms with E-state index in [0.29, 0.717) is 37.2 Å². The van der Waals surface area contributed by atoms with Crippen molar-refractivity contribution >= 4 is 53.9 Å². The SMILES string of the molecule is Cc1c(Cl)cccc1N(CC(=O)NCCNC(C)C)CC(=O)N(C)N1Cc2ccccc2C1.Cl.Cl. The van der Waals surface area contributed by atoms with E-state index in [1.807, 2.05) is 42.3 Å². The molecular weight excluding hydrogens is 509 g/mol. The highest BCUT2D eigenvalue weighted by Gasteiger charge is 2.27. The highest BCUT2D eigenvalue weighted by atomic mass is 35.5. The fourth-order valence-corrected chi connectivity index (χ4v) is 4.08. The third kappa shape index (κ3) is 8.54. The molecule has 0 aliphatic carbocycles. The molecule has 35 heavy (non-hydrogen) atoms. The molecule has 0 spiro atoms. The van der Waals surface area contributed by atoms with Crippen LogP contribution in [0.25, 0.3) is 0 Å². The first-order chi connectivity index (χ1) is 15.8. The van der Waals surface area contributed by atoms with Gasteiger partial charge in [0.2, 0.25) is 5.91 Å². The molecule has 2 N–H and O–H groups in total. The molecule has 0 saturated carbocycles. The van der Waals surface area contributed by atoms with Crippen LogP contribution in [-0.2, 0) is 22.7 Å². The number of nitrogens with one attached hydrogen (secondary N) is 2. The molecular formula is C25H36Cl3N5O2. The third-order valence-corrected chi connectivity index (χ3v) is 6.26. The van der Waals surface area contributed by atoms with E-state index in [9.17, 15) is 9.59 Å². The predicted octanol–water partition coefficient (Wildman–Crippen LogP) is 3.80. The van der Waals surface area contributed by atoms with Gasteiger partial charge in [-0.3, -0.25) is 14.6 Å². The van der Waals surface area contributed by atoms with Crippen molar-refractivity contribution < 1.29 is 9.59 Å². The lowest BCUT2D eigenvalue weighted by Gasteiger charge is -2.32. The summed E-state index contributed by atoms with van der Waals surface area (Å²) < 4.78 is 0. The molecule has 1 aliphatic rings. The molecule has 0 aromatic heterocycles. The number of fused-ring (bicyclic) bond motifs is 1. The largest absolute Gasteiger partial charge is 0.353 e. The molecule has 0 fully saturated rings. The molecule has 0 saturated heterocycles. The Morgan fingerprint density at radius 2 is 1.63 bits per heavy atom. The van der Waals surface area contributed by atoms with Gasteiger partial charge in [-0.2, -0.15) is 0 Å². The van der Waals surface area contributed by atoms with Crippen LogP contribution in [0.15, 0.2) is 42.5 Å². The monoisotopic (exact) mass is 543 g/mol. The highest BCUT2D eigenvalue weighted by molar-refractivity contribution is 6.31. The van der Waals surface area contributed by atoms with Crippen molar-refractivity contribution in [1.29, 1.82) is 0 Å². The number of benzene rings is 2. The molecule has 2 aromatic carbocycles. The summed E-state index contributed by atoms with van der Waals surface area (Å²) in [5, 5.41) is 10.5. The van der Waals surface area contributed by atoms with E-state index in [1.54, 1.807) is 17.0 Å². The van der Waals surface area contributed by atoms with Gasteiger partial charge in [0.1, 0.15) is 0 Å². The first kappa shape index (κ1) is 31.0. The van der Waals surface area contributed by atoms with Crippen LogP contribution >= 0.6 is 36.4 Å². The number of hydrazine groups is 1. The van der Waals surface area contributed by atoms with E-state index in [-0.39, 0.29) is 49.7 Å². The summed E-state index contributed by atoms with van der Waals surface area (Å²) >= 11 is 6.34. The maximum Gasteiger partial charge on any atom is 0.256 e. The van der Waals surface area contributed by atoms with Crippen LogP contribution in [0.4, 0.5) is 5.69 Å². The zero-order valence-corrected chi connectivity index (χ0v) is 23.1. The van der Waals surface area contributed by atoms with Crippen LogP contribution < -0.4 is 15.5 Å². The summed E-state index contributed by atoms with van der Waals surface area (Å²) in [5.41, 5.74) is 4.09. The van der Waals surface area contributed by atoms with Gasteiger partial charge in [0.25, 0.3) is 5.91 Å². The Hall–Kier alpha value is -2.03. The number of likely N-dealkylation sites (N-methyl/N-ethyl adjacent to an activating group) is 1. The maximum absolute atomic E-state index is 13.2. The molecule has 0 radical (unpaired) electrons. The summed E-state index contributed by atoms with van der Waals surface area (Å²) in [6.45, 7) is 8.77. The molecule has 1 heterocycles. The molecule has 2 aromatic rings. The number of nitrogens with zero attached hydrogens (tertiary/aromatic N) is 3. The molecule has 7 nitrogen and oxygen atoms in total. The Kier molecular flexibility index (Phi) is 12.9. The Balaban J connectivity index is 0.00000306. The van der Waals surface area contributed by atoms with Gasteiger partial charge in [-0.15, -0.1) is 24.8 Å². The second-order valence-electron chi connectivity index (χ2n) is 8.71. The Morgan fingerprint density at radius 1 is 1.00 bits per heavy atom. The predicted molar refractivity (Wildman–Crippen MR) is 148 cm³/mol. The second-order valence-corrected chi connectivity index (χ2v) is 9.11. The van der Waals surface area contributed by atoms with Crippen molar-refractivity contribution in [3.05, 3.63) is 64.2 Å². The van der Waals surface area contributed by atoms with E-state index < -0.39 is 0 Å². The zero-order valence-electron chi connectivity index (χ0n) is 20.7. The Bertz CT molecular complexity index is 964. The van der Waals surface area contributed by atoms with Crippen molar-refractivity contribution in [2.24, 2.45) is 0 Å². The van der Waals surface area contributed by atoms with Crippen LogP contribution in [0, 0.1) is 6.92 Å². The molecule has 0 atom stereocenters. The number of carbonyl (C=O) groups is 2. The van der Waals surface area contributed by atoms with Gasteiger partial charge in [-0.1, -0.05) is 55.8 Å². The third-order valence-electron chi connectivity index (χ3n) is 5.85. The first-order valence-corrected chi connectivity index (χ1v) is 11.7. The quantitative estimate of drug-likeness (QED) is 0.446. The van der Waals surface area contributed by atoms with Gasteiger partial charge < -0.3 is 15.5 Å². The molecule has 1 aliphatic heterocycles. The van der Waals surface area contributed by atoms with Crippen LogP contribution in [-0.4, -0.2) is 61.1 Å². The Labute approximate surface area is 226 Å². The summed E-state index contributed by atoms with van der Waals surface area (Å²) in [7, 11) is 1.79. The van der Waals surface area contributed by atoms with Crippen molar-refractivity contribution in [1.82, 2.24) is 20.7 Å². The molecule has 10 heteroatoms. The van der Waals surface area contributed by atoms with Gasteiger partial charge in [0.05, 0.1) is 13.1 Å². The standard InChI is InChI=1S/C25H34ClN5O2.2ClH/c1-18(2)27-12-13-28-24(32)16-30(23-11-7-10-22(26)19(23)3)17-25(33)29(4)31-14-20-8-5-6-9-21(20)15-31;;/h5-11,18,27H,12-17H2,1-4H3,(H,28,32);2*1H. The topological polar surface area (TPSA) is 67.9 Å². The average molecular weight is 545 g/mol. The number of anilines is 1. The number of halogens is 3. The first-order valence-electron chi connectivity index (χ1n) is 11.3. The molecule has 2 amide bonds. The van der Waals surface area contributed by atoms with Gasteiger partial charge in [0, 0.05) is 50.0 Å². The van der Waals surface area contributed by atoms with E-state index in [4.69, 9.17) is 11.6 Å². The summed E-state index contributed by atoms with van der Waals surface area (Å²) in [5.74, 6) is -0.222. The average Bonchev–Trinajstić information content (AvgIpc) is 3.21. The highest BCUT2D eigenvalue weighted by Crippen LogP contribution is 2.27. The minimum absolute atomic E-state index is 0. The number of hydrogen-bond donors (Lipinski definition) is 2. The normalized spacial score (nSPS) is 12.4. The smallest absolute Gasteiger partial charge is 0.256 e. The van der Waals surface area contributed by atoms with Crippen molar-refractivity contribution in [2.45, 2.75) is 39.9 Å². The lowest BCUT2D eigenvalue weighted by atomic mass is 10.1. The number of carbonyl (C=O) groups excluding carboxylic acids is 2. The van der Waals surface area contributed by atoms with Crippen LogP contribution in [0.1, 0.15) is 30.5 Å². The maximum atomic E-state index is 13.2. The molecule has 194 valence electrons. The van der Waals surface area contributed by atoms with Crippen molar-refractivity contribution in [3.63, 3.8) is 0 Å². The van der Waals surface area contributed by atoms with Gasteiger partial charge >= 0.3 is 0 Å². The molecule has 3 rings (SSSR count). The number of rotatable bonds is 10. The van der Waals surface area contributed by atoms with E-state index in [0.717, 1.165) is 11.3 Å². The van der Waals surface area contributed by atoms with Gasteiger partial charge in [-0.05, 0) is 35.7 Å². The van der Waals surface area contributed by atoms with Crippen LogP contribution in [0.5, 0.6) is 0 Å². The van der Waals surface area contributed by atoms with Crippen molar-refractivity contribution in [3.8, 4) is 0 Å². The summed E-state index contributed by atoms with van der Waals surface area (Å²) in [6, 6.07) is 14.1. The number of amides is 2. The molecule has 0 unspecified atom stereocenters. The fourth-order valence-electron chi connectivity index (χ4n) is 3.91. The summed E-state index contributed by atoms with van der Waals surface area (Å²) in [4.78, 5) is 27.7. The van der Waals surface area contributed by atoms with Gasteiger partial charge in [-0.25, -0.2) is 5.01 Å². The van der Waals surface area contributed by atoms with Crippen LogP contribution in [0.2, 0.25) is 5.02 Å². The van der Waals surface area contributed by atoms with E-state index in [1.165, 1.54) is 11.1 Å². The fraction of sp³-hybridized carbons (Fsp3) is 0.440. The molecule has 0 bridgehead atoms. The van der Waals surface area contributed by atoms with Crippen LogP contribution in [0.3, 0.4) is 0 Å². The zero-order chi connectivity index (χ0) is 24.0. The number of hydrogen-bond acceptors (Lipinski definition) is 5. The lowest BCUT2D eigenvalue weighted by Crippen LogP contribution is -2.48. The lowest BCUT2D eigenvalue weighted by molar-refractivity contribution is -0.145. The van der Waals surface area contributed by atoms with E-state index >= 15 is 0 Å². The van der Waals surface area contributed by atoms with E-state index in [2.05, 4.69) is 36.6 Å².